The lowest BCUT2D eigenvalue weighted by Gasteiger charge is -2.38. The number of fused-ring (bicyclic) bond motifs is 1. The third-order valence-electron chi connectivity index (χ3n) is 5.35. The Morgan fingerprint density at radius 3 is 3.00 bits per heavy atom. The summed E-state index contributed by atoms with van der Waals surface area (Å²) in [5.41, 5.74) is -0.100. The Morgan fingerprint density at radius 2 is 2.21 bits per heavy atom. The van der Waals surface area contributed by atoms with Crippen LogP contribution in [0.25, 0.3) is 22.6 Å². The first-order valence-electron chi connectivity index (χ1n) is 8.91. The fourth-order valence-corrected chi connectivity index (χ4v) is 3.77. The van der Waals surface area contributed by atoms with Gasteiger partial charge in [0.2, 0.25) is 0 Å². The number of aliphatic carboxylic acids is 1. The van der Waals surface area contributed by atoms with E-state index in [0.717, 1.165) is 19.0 Å². The molecule has 1 fully saturated rings. The normalized spacial score (nSPS) is 22.3. The third kappa shape index (κ3) is 3.15. The zero-order valence-electron chi connectivity index (χ0n) is 15.0. The van der Waals surface area contributed by atoms with Gasteiger partial charge in [0.15, 0.2) is 23.1 Å². The molecule has 3 aromatic rings. The fourth-order valence-electron chi connectivity index (χ4n) is 3.62. The Kier molecular flexibility index (Phi) is 4.62. The second kappa shape index (κ2) is 6.97. The van der Waals surface area contributed by atoms with Crippen LogP contribution >= 0.6 is 11.6 Å². The van der Waals surface area contributed by atoms with Gasteiger partial charge < -0.3 is 10.4 Å². The molecule has 0 aliphatic heterocycles. The molecule has 0 bridgehead atoms. The number of nitrogens with one attached hydrogen (secondary N) is 2. The van der Waals surface area contributed by atoms with E-state index in [9.17, 15) is 14.3 Å². The smallest absolute Gasteiger partial charge is 0.311 e. The van der Waals surface area contributed by atoms with E-state index in [1.54, 1.807) is 13.0 Å². The van der Waals surface area contributed by atoms with E-state index in [1.807, 2.05) is 0 Å². The second-order valence-corrected chi connectivity index (χ2v) is 7.61. The molecule has 0 amide bonds. The van der Waals surface area contributed by atoms with Crippen molar-refractivity contribution in [2.45, 2.75) is 38.6 Å². The molecule has 10 heteroatoms. The average Bonchev–Trinajstić information content (AvgIpc) is 3.08. The summed E-state index contributed by atoms with van der Waals surface area (Å²) < 4.78 is 14.4. The van der Waals surface area contributed by atoms with Crippen molar-refractivity contribution in [2.24, 2.45) is 5.41 Å². The van der Waals surface area contributed by atoms with Crippen LogP contribution in [0.15, 0.2) is 18.5 Å². The van der Waals surface area contributed by atoms with Crippen molar-refractivity contribution in [3.05, 3.63) is 29.3 Å². The largest absolute Gasteiger partial charge is 0.481 e. The van der Waals surface area contributed by atoms with Crippen molar-refractivity contribution >= 4 is 34.4 Å². The van der Waals surface area contributed by atoms with Gasteiger partial charge in [0.1, 0.15) is 5.69 Å². The number of nitrogens with zero attached hydrogens (tertiary/aromatic N) is 4. The number of anilines is 1. The Hall–Kier alpha value is -2.81. The van der Waals surface area contributed by atoms with Gasteiger partial charge in [0.05, 0.1) is 22.0 Å². The van der Waals surface area contributed by atoms with Gasteiger partial charge in [-0.05, 0) is 25.8 Å². The molecule has 0 unspecified atom stereocenters. The molecule has 1 aliphatic rings. The van der Waals surface area contributed by atoms with Crippen molar-refractivity contribution in [2.75, 3.05) is 5.32 Å². The van der Waals surface area contributed by atoms with Crippen molar-refractivity contribution in [3.8, 4) is 11.5 Å². The molecule has 0 spiro atoms. The van der Waals surface area contributed by atoms with E-state index in [4.69, 9.17) is 11.6 Å². The van der Waals surface area contributed by atoms with Gasteiger partial charge in [0, 0.05) is 12.2 Å². The molecule has 0 aromatic carbocycles. The number of hydrogen-bond acceptors (Lipinski definition) is 6. The highest BCUT2D eigenvalue weighted by atomic mass is 35.5. The number of carboxylic acid groups (broad SMARTS) is 1. The van der Waals surface area contributed by atoms with Gasteiger partial charge in [-0.25, -0.2) is 19.3 Å². The minimum absolute atomic E-state index is 0.0458. The lowest BCUT2D eigenvalue weighted by atomic mass is 9.71. The molecule has 3 N–H and O–H groups in total. The SMILES string of the molecule is C[C@]1(C(=O)O)CCCC[C@@H]1Nc1nc(-c2n[nH]c3ncc(Cl)cc23)ncc1F. The minimum Gasteiger partial charge on any atom is -0.481 e. The summed E-state index contributed by atoms with van der Waals surface area (Å²) in [6, 6.07) is 1.23. The number of pyridine rings is 1. The molecule has 3 heterocycles. The van der Waals surface area contributed by atoms with E-state index in [-0.39, 0.29) is 11.6 Å². The first-order valence-corrected chi connectivity index (χ1v) is 9.29. The minimum atomic E-state index is -0.994. The van der Waals surface area contributed by atoms with Crippen LogP contribution in [0.5, 0.6) is 0 Å². The summed E-state index contributed by atoms with van der Waals surface area (Å²) in [4.78, 5) is 24.2. The van der Waals surface area contributed by atoms with E-state index in [0.29, 0.717) is 34.6 Å². The molecular formula is C18H18ClFN6O2. The highest BCUT2D eigenvalue weighted by molar-refractivity contribution is 6.31. The maximum atomic E-state index is 14.4. The summed E-state index contributed by atoms with van der Waals surface area (Å²) >= 11 is 6.01. The molecule has 0 saturated heterocycles. The van der Waals surface area contributed by atoms with Crippen LogP contribution in [0.3, 0.4) is 0 Å². The van der Waals surface area contributed by atoms with E-state index >= 15 is 0 Å². The van der Waals surface area contributed by atoms with Crippen LogP contribution in [-0.4, -0.2) is 42.3 Å². The number of rotatable bonds is 4. The third-order valence-corrected chi connectivity index (χ3v) is 5.55. The molecule has 8 nitrogen and oxygen atoms in total. The Labute approximate surface area is 164 Å². The maximum Gasteiger partial charge on any atom is 0.311 e. The van der Waals surface area contributed by atoms with Crippen LogP contribution in [0.2, 0.25) is 5.02 Å². The lowest BCUT2D eigenvalue weighted by molar-refractivity contribution is -0.150. The van der Waals surface area contributed by atoms with Gasteiger partial charge in [0.25, 0.3) is 0 Å². The topological polar surface area (TPSA) is 117 Å². The first kappa shape index (κ1) is 18.5. The first-order chi connectivity index (χ1) is 13.4. The summed E-state index contributed by atoms with van der Waals surface area (Å²) in [5, 5.41) is 20.6. The van der Waals surface area contributed by atoms with Gasteiger partial charge in [-0.15, -0.1) is 0 Å². The molecule has 2 atom stereocenters. The van der Waals surface area contributed by atoms with Crippen LogP contribution < -0.4 is 5.32 Å². The number of halogens is 2. The number of carbonyl (C=O) groups is 1. The summed E-state index contributed by atoms with van der Waals surface area (Å²) in [7, 11) is 0. The zero-order chi connectivity index (χ0) is 19.9. The molecule has 146 valence electrons. The molecule has 4 rings (SSSR count). The van der Waals surface area contributed by atoms with Crippen molar-refractivity contribution in [1.29, 1.82) is 0 Å². The van der Waals surface area contributed by atoms with E-state index < -0.39 is 23.2 Å². The lowest BCUT2D eigenvalue weighted by Crippen LogP contribution is -2.47. The quantitative estimate of drug-likeness (QED) is 0.607. The Bertz CT molecular complexity index is 1060. The predicted octanol–water partition coefficient (Wildman–Crippen LogP) is 3.65. The fraction of sp³-hybridized carbons (Fsp3) is 0.389. The monoisotopic (exact) mass is 404 g/mol. The zero-order valence-corrected chi connectivity index (χ0v) is 15.8. The number of carboxylic acids is 1. The average molecular weight is 405 g/mol. The van der Waals surface area contributed by atoms with E-state index in [2.05, 4.69) is 30.5 Å². The van der Waals surface area contributed by atoms with Gasteiger partial charge in [-0.2, -0.15) is 5.10 Å². The molecular weight excluding hydrogens is 387 g/mol. The maximum absolute atomic E-state index is 14.4. The summed E-state index contributed by atoms with van der Waals surface area (Å²) in [6.07, 6.45) is 5.37. The van der Waals surface area contributed by atoms with Crippen LogP contribution in [0.4, 0.5) is 10.2 Å². The molecule has 28 heavy (non-hydrogen) atoms. The molecule has 0 radical (unpaired) electrons. The van der Waals surface area contributed by atoms with Gasteiger partial charge >= 0.3 is 5.97 Å². The van der Waals surface area contributed by atoms with Crippen molar-refractivity contribution < 1.29 is 14.3 Å². The van der Waals surface area contributed by atoms with Crippen LogP contribution in [-0.2, 0) is 4.79 Å². The van der Waals surface area contributed by atoms with Crippen LogP contribution in [0, 0.1) is 11.2 Å². The highest BCUT2D eigenvalue weighted by Gasteiger charge is 2.43. The molecule has 1 saturated carbocycles. The highest BCUT2D eigenvalue weighted by Crippen LogP contribution is 2.38. The summed E-state index contributed by atoms with van der Waals surface area (Å²) in [6.45, 7) is 1.68. The standard InChI is InChI=1S/C18H18ClFN6O2/c1-18(17(27)28)5-3-2-4-12(18)23-15-11(20)8-22-16(24-15)13-10-6-9(19)7-21-14(10)26-25-13/h6-8,12H,2-5H2,1H3,(H,27,28)(H,21,25,26)(H,22,23,24)/t12-,18-/m0/s1. The van der Waals surface area contributed by atoms with Gasteiger partial charge in [-0.3, -0.25) is 9.89 Å². The number of hydrogen-bond donors (Lipinski definition) is 3. The number of H-pyrrole nitrogens is 1. The number of aromatic nitrogens is 5. The van der Waals surface area contributed by atoms with Crippen molar-refractivity contribution in [1.82, 2.24) is 25.1 Å². The molecule has 3 aromatic heterocycles. The van der Waals surface area contributed by atoms with Crippen LogP contribution in [0.1, 0.15) is 32.6 Å². The predicted molar refractivity (Wildman–Crippen MR) is 102 cm³/mol. The number of aromatic amines is 1. The Balaban J connectivity index is 1.71. The van der Waals surface area contributed by atoms with E-state index in [1.165, 1.54) is 6.20 Å². The summed E-state index contributed by atoms with van der Waals surface area (Å²) in [5.74, 6) is -1.42. The second-order valence-electron chi connectivity index (χ2n) is 7.18. The van der Waals surface area contributed by atoms with Gasteiger partial charge in [-0.1, -0.05) is 24.4 Å². The van der Waals surface area contributed by atoms with Crippen molar-refractivity contribution in [3.63, 3.8) is 0 Å². The molecule has 1 aliphatic carbocycles. The Morgan fingerprint density at radius 1 is 1.39 bits per heavy atom.